The number of hydrogen-bond acceptors (Lipinski definition) is 12. The highest BCUT2D eigenvalue weighted by Gasteiger charge is 2.41. The van der Waals surface area contributed by atoms with Crippen LogP contribution in [0.5, 0.6) is 0 Å². The van der Waals surface area contributed by atoms with Crippen molar-refractivity contribution in [2.75, 3.05) is 0 Å². The van der Waals surface area contributed by atoms with E-state index in [2.05, 4.69) is 278 Å². The Morgan fingerprint density at radius 1 is 0.167 bits per heavy atom. The SMILES string of the molecule is CC1(C)c2ccccc2-c2c1ccc1oc3ccc(-c4cccc(-c5nc(-c6ccccc6)nc(-c6ccccc6)n5)c4)cc3c21.CC1(C)c2ccccc2-c2ccc3oc4c(-c5ccc(-c6nc(-c7ccccc7)nc(-c7ccccc7)n6)cc5)cccc4c3c21.CC1(C)c2ccccc2-c2ccc3oc4c(-c5cccc(-c6nc(-c7ccccc7)nc(-c7ccccc7)n6)c5)cccc4c3c21. The smallest absolute Gasteiger partial charge is 0.164 e. The molecule has 6 aromatic heterocycles. The summed E-state index contributed by atoms with van der Waals surface area (Å²) in [6.07, 6.45) is 0. The van der Waals surface area contributed by atoms with Gasteiger partial charge in [-0.1, -0.05) is 418 Å². The van der Waals surface area contributed by atoms with Gasteiger partial charge >= 0.3 is 0 Å². The lowest BCUT2D eigenvalue weighted by atomic mass is 9.80. The first-order valence-electron chi connectivity index (χ1n) is 46.9. The molecular formula is C126H87N9O3. The number of nitrogens with zero attached hydrogens (tertiary/aromatic N) is 9. The molecule has 0 unspecified atom stereocenters. The molecule has 0 saturated carbocycles. The maximum atomic E-state index is 6.71. The van der Waals surface area contributed by atoms with Gasteiger partial charge in [0.15, 0.2) is 52.4 Å². The van der Waals surface area contributed by atoms with Gasteiger partial charge in [-0.05, 0) is 131 Å². The molecule has 24 aromatic rings. The fraction of sp³-hybridized carbons (Fsp3) is 0.0714. The molecule has 0 saturated heterocycles. The van der Waals surface area contributed by atoms with Gasteiger partial charge in [0.1, 0.15) is 33.5 Å². The van der Waals surface area contributed by atoms with E-state index < -0.39 is 0 Å². The van der Waals surface area contributed by atoms with Gasteiger partial charge in [0.05, 0.1) is 0 Å². The van der Waals surface area contributed by atoms with Crippen LogP contribution in [0.3, 0.4) is 0 Å². The van der Waals surface area contributed by atoms with E-state index in [0.29, 0.717) is 52.4 Å². The highest BCUT2D eigenvalue weighted by molar-refractivity contribution is 6.18. The van der Waals surface area contributed by atoms with Crippen LogP contribution in [0.1, 0.15) is 74.9 Å². The summed E-state index contributed by atoms with van der Waals surface area (Å²) < 4.78 is 19.8. The Bertz CT molecular complexity index is 8790. The Kier molecular flexibility index (Phi) is 19.6. The van der Waals surface area contributed by atoms with Crippen LogP contribution in [0, 0.1) is 0 Å². The molecule has 0 amide bonds. The minimum Gasteiger partial charge on any atom is -0.456 e. The molecule has 3 aliphatic carbocycles. The normalized spacial score (nSPS) is 13.2. The number of furan rings is 3. The quantitative estimate of drug-likeness (QED) is 0.114. The van der Waals surface area contributed by atoms with Gasteiger partial charge in [-0.3, -0.25) is 0 Å². The fourth-order valence-corrected chi connectivity index (χ4v) is 21.3. The first-order valence-corrected chi connectivity index (χ1v) is 46.9. The van der Waals surface area contributed by atoms with E-state index in [9.17, 15) is 0 Å². The molecule has 3 aliphatic rings. The van der Waals surface area contributed by atoms with E-state index in [1.165, 1.54) is 82.9 Å². The van der Waals surface area contributed by atoms with Crippen LogP contribution in [0.2, 0.25) is 0 Å². The lowest BCUT2D eigenvalue weighted by Gasteiger charge is -2.22. The van der Waals surface area contributed by atoms with Crippen LogP contribution in [0.4, 0.5) is 0 Å². The van der Waals surface area contributed by atoms with Crippen molar-refractivity contribution in [3.63, 3.8) is 0 Å². The minimum atomic E-state index is -0.135. The lowest BCUT2D eigenvalue weighted by Crippen LogP contribution is -2.15. The summed E-state index contributed by atoms with van der Waals surface area (Å²) >= 11 is 0. The first kappa shape index (κ1) is 82.3. The van der Waals surface area contributed by atoms with Crippen molar-refractivity contribution < 1.29 is 13.3 Å². The van der Waals surface area contributed by atoms with Crippen molar-refractivity contribution in [1.82, 2.24) is 44.9 Å². The Labute approximate surface area is 797 Å². The van der Waals surface area contributed by atoms with Crippen molar-refractivity contribution >= 4 is 65.8 Å². The number of para-hydroxylation sites is 2. The van der Waals surface area contributed by atoms with Gasteiger partial charge in [0.25, 0.3) is 0 Å². The van der Waals surface area contributed by atoms with Crippen LogP contribution < -0.4 is 0 Å². The zero-order valence-electron chi connectivity index (χ0n) is 76.6. The Balaban J connectivity index is 0.000000110. The molecule has 0 aliphatic heterocycles. The average Bonchev–Trinajstić information content (AvgIpc) is 1.55. The van der Waals surface area contributed by atoms with Crippen molar-refractivity contribution in [1.29, 1.82) is 0 Å². The molecule has 6 heterocycles. The van der Waals surface area contributed by atoms with Gasteiger partial charge < -0.3 is 13.3 Å². The third-order valence-electron chi connectivity index (χ3n) is 28.0. The predicted molar refractivity (Wildman–Crippen MR) is 559 cm³/mol. The average molecular weight is 1780 g/mol. The minimum absolute atomic E-state index is 0.0720. The summed E-state index contributed by atoms with van der Waals surface area (Å²) in [6, 6.07) is 145. The lowest BCUT2D eigenvalue weighted by molar-refractivity contribution is 0.656. The molecule has 138 heavy (non-hydrogen) atoms. The van der Waals surface area contributed by atoms with E-state index in [4.69, 9.17) is 58.1 Å². The predicted octanol–water partition coefficient (Wildman–Crippen LogP) is 32.2. The van der Waals surface area contributed by atoms with Crippen molar-refractivity contribution in [3.05, 3.63) is 452 Å². The van der Waals surface area contributed by atoms with Gasteiger partial charge in [-0.15, -0.1) is 0 Å². The third kappa shape index (κ3) is 14.0. The molecule has 0 bridgehead atoms. The van der Waals surface area contributed by atoms with Crippen LogP contribution in [0.25, 0.3) is 235 Å². The van der Waals surface area contributed by atoms with Crippen LogP contribution in [-0.2, 0) is 16.2 Å². The monoisotopic (exact) mass is 1770 g/mol. The molecule has 0 N–H and O–H groups in total. The molecule has 18 aromatic carbocycles. The van der Waals surface area contributed by atoms with Gasteiger partial charge in [0, 0.05) is 110 Å². The maximum Gasteiger partial charge on any atom is 0.164 e. The van der Waals surface area contributed by atoms with E-state index in [-0.39, 0.29) is 16.2 Å². The first-order chi connectivity index (χ1) is 67.7. The summed E-state index contributed by atoms with van der Waals surface area (Å²) in [6.45, 7) is 13.9. The summed E-state index contributed by atoms with van der Waals surface area (Å²) in [5.74, 6) is 5.80. The van der Waals surface area contributed by atoms with Gasteiger partial charge in [-0.25, -0.2) is 44.9 Å². The van der Waals surface area contributed by atoms with Gasteiger partial charge in [0.2, 0.25) is 0 Å². The maximum absolute atomic E-state index is 6.71. The summed E-state index contributed by atoms with van der Waals surface area (Å²) in [4.78, 5) is 44.2. The topological polar surface area (TPSA) is 155 Å². The van der Waals surface area contributed by atoms with Crippen molar-refractivity contribution in [3.8, 4) is 169 Å². The van der Waals surface area contributed by atoms with Crippen LogP contribution in [-0.4, -0.2) is 44.9 Å². The summed E-state index contributed by atoms with van der Waals surface area (Å²) in [7, 11) is 0. The number of hydrogen-bond donors (Lipinski definition) is 0. The zero-order valence-corrected chi connectivity index (χ0v) is 76.6. The van der Waals surface area contributed by atoms with Crippen LogP contribution in [0.15, 0.2) is 432 Å². The van der Waals surface area contributed by atoms with Crippen molar-refractivity contribution in [2.45, 2.75) is 57.8 Å². The third-order valence-corrected chi connectivity index (χ3v) is 28.0. The van der Waals surface area contributed by atoms with Crippen molar-refractivity contribution in [2.24, 2.45) is 0 Å². The highest BCUT2D eigenvalue weighted by Crippen LogP contribution is 2.58. The molecular weight excluding hydrogens is 1690 g/mol. The number of fused-ring (bicyclic) bond motifs is 21. The summed E-state index contributed by atoms with van der Waals surface area (Å²) in [5, 5.41) is 6.99. The number of benzene rings is 18. The number of rotatable bonds is 12. The van der Waals surface area contributed by atoms with E-state index in [1.54, 1.807) is 0 Å². The molecule has 12 heteroatoms. The Hall–Kier alpha value is -17.6. The fourth-order valence-electron chi connectivity index (χ4n) is 21.3. The van der Waals surface area contributed by atoms with E-state index in [1.807, 2.05) is 182 Å². The highest BCUT2D eigenvalue weighted by atomic mass is 16.3. The van der Waals surface area contributed by atoms with E-state index in [0.717, 1.165) is 133 Å². The molecule has 0 fully saturated rings. The van der Waals surface area contributed by atoms with Crippen LogP contribution >= 0.6 is 0 Å². The van der Waals surface area contributed by atoms with Gasteiger partial charge in [-0.2, -0.15) is 0 Å². The Morgan fingerprint density at radius 2 is 0.449 bits per heavy atom. The second kappa shape index (κ2) is 32.9. The molecule has 0 radical (unpaired) electrons. The summed E-state index contributed by atoms with van der Waals surface area (Å²) in [5.41, 5.74) is 35.9. The largest absolute Gasteiger partial charge is 0.456 e. The molecule has 12 nitrogen and oxygen atoms in total. The molecule has 0 atom stereocenters. The molecule has 27 rings (SSSR count). The second-order valence-electron chi connectivity index (χ2n) is 37.3. The standard InChI is InChI=1S/3C42H29N3O/c1-42(2)34-22-10-9-19-31(34)32-23-24-35-36(37(32)42)33-21-12-20-30(38(33)46-35)28-17-11-18-29(25-28)41-44-39(26-13-5-3-6-14-26)43-40(45-41)27-15-7-4-8-16-27;1-42(2)33-19-10-9-18-31(33)37-34(42)21-23-36-38(37)32-25-29(20-22-35(32)46-36)28-16-11-17-30(24-28)41-44-39(26-12-5-3-6-13-26)43-40(45-41)27-14-7-4-8-15-27;1-42(2)34-19-10-9-16-31(34)32-24-25-35-36(37(32)42)33-18-11-17-30(38(33)46-35)26-20-22-29(23-21-26)41-44-39(27-12-5-3-6-13-27)43-40(45-41)28-14-7-4-8-15-28/h3*3-25H,1-2H3. The molecule has 654 valence electrons. The van der Waals surface area contributed by atoms with E-state index >= 15 is 0 Å². The zero-order chi connectivity index (χ0) is 92.5. The second-order valence-corrected chi connectivity index (χ2v) is 37.3. The number of aromatic nitrogens is 9. The Morgan fingerprint density at radius 3 is 0.870 bits per heavy atom. The molecule has 0 spiro atoms.